The van der Waals surface area contributed by atoms with Crippen LogP contribution in [0.3, 0.4) is 0 Å². The monoisotopic (exact) mass is 340 g/mol. The van der Waals surface area contributed by atoms with Crippen molar-refractivity contribution >= 4 is 6.03 Å². The SMILES string of the molecule is CCC(NC(=O)NC(C)c1cc(C)cc(C)c1)c1ccc(OC)cc1. The highest BCUT2D eigenvalue weighted by atomic mass is 16.5. The highest BCUT2D eigenvalue weighted by Gasteiger charge is 2.15. The van der Waals surface area contributed by atoms with Gasteiger partial charge in [0.2, 0.25) is 0 Å². The summed E-state index contributed by atoms with van der Waals surface area (Å²) in [5, 5.41) is 6.09. The van der Waals surface area contributed by atoms with Crippen LogP contribution in [-0.4, -0.2) is 13.1 Å². The molecule has 0 spiro atoms. The Hall–Kier alpha value is -2.49. The van der Waals surface area contributed by atoms with Crippen LogP contribution >= 0.6 is 0 Å². The quantitative estimate of drug-likeness (QED) is 0.792. The fourth-order valence-electron chi connectivity index (χ4n) is 3.00. The topological polar surface area (TPSA) is 50.4 Å². The maximum Gasteiger partial charge on any atom is 0.315 e. The van der Waals surface area contributed by atoms with Gasteiger partial charge in [-0.25, -0.2) is 4.79 Å². The Balaban J connectivity index is 2.01. The normalized spacial score (nSPS) is 13.0. The van der Waals surface area contributed by atoms with Crippen LogP contribution in [0.2, 0.25) is 0 Å². The predicted molar refractivity (Wildman–Crippen MR) is 102 cm³/mol. The van der Waals surface area contributed by atoms with E-state index in [1.54, 1.807) is 7.11 Å². The smallest absolute Gasteiger partial charge is 0.315 e. The number of rotatable bonds is 6. The maximum atomic E-state index is 12.4. The number of urea groups is 1. The molecule has 0 aliphatic rings. The summed E-state index contributed by atoms with van der Waals surface area (Å²) in [6, 6.07) is 13.9. The summed E-state index contributed by atoms with van der Waals surface area (Å²) in [5.74, 6) is 0.812. The Labute approximate surface area is 150 Å². The van der Waals surface area contributed by atoms with E-state index in [2.05, 4.69) is 49.6 Å². The number of nitrogens with one attached hydrogen (secondary N) is 2. The zero-order chi connectivity index (χ0) is 18.4. The molecule has 0 fully saturated rings. The summed E-state index contributed by atoms with van der Waals surface area (Å²) in [5.41, 5.74) is 4.59. The van der Waals surface area contributed by atoms with E-state index in [1.807, 2.05) is 31.2 Å². The van der Waals surface area contributed by atoms with Crippen LogP contribution in [0.5, 0.6) is 5.75 Å². The molecule has 4 heteroatoms. The van der Waals surface area contributed by atoms with Gasteiger partial charge in [-0.15, -0.1) is 0 Å². The van der Waals surface area contributed by atoms with Crippen molar-refractivity contribution in [2.45, 2.75) is 46.2 Å². The van der Waals surface area contributed by atoms with Crippen molar-refractivity contribution < 1.29 is 9.53 Å². The second kappa shape index (κ2) is 8.56. The summed E-state index contributed by atoms with van der Waals surface area (Å²) < 4.78 is 5.18. The van der Waals surface area contributed by atoms with Crippen LogP contribution in [0.25, 0.3) is 0 Å². The van der Waals surface area contributed by atoms with E-state index in [1.165, 1.54) is 11.1 Å². The van der Waals surface area contributed by atoms with Crippen molar-refractivity contribution in [3.8, 4) is 5.75 Å². The molecule has 0 saturated carbocycles. The lowest BCUT2D eigenvalue weighted by Crippen LogP contribution is -2.39. The third-order valence-electron chi connectivity index (χ3n) is 4.32. The van der Waals surface area contributed by atoms with Gasteiger partial charge in [-0.2, -0.15) is 0 Å². The van der Waals surface area contributed by atoms with Gasteiger partial charge < -0.3 is 15.4 Å². The van der Waals surface area contributed by atoms with Crippen molar-refractivity contribution in [2.75, 3.05) is 7.11 Å². The number of methoxy groups -OCH3 is 1. The van der Waals surface area contributed by atoms with Crippen LogP contribution in [0, 0.1) is 13.8 Å². The van der Waals surface area contributed by atoms with E-state index in [4.69, 9.17) is 4.74 Å². The fourth-order valence-corrected chi connectivity index (χ4v) is 3.00. The van der Waals surface area contributed by atoms with Gasteiger partial charge in [-0.1, -0.05) is 48.4 Å². The molecule has 2 N–H and O–H groups in total. The van der Waals surface area contributed by atoms with E-state index in [9.17, 15) is 4.79 Å². The molecule has 0 heterocycles. The number of hydrogen-bond donors (Lipinski definition) is 2. The second-order valence-electron chi connectivity index (χ2n) is 6.49. The Kier molecular flexibility index (Phi) is 6.45. The molecule has 2 rings (SSSR count). The highest BCUT2D eigenvalue weighted by molar-refractivity contribution is 5.75. The number of benzene rings is 2. The Morgan fingerprint density at radius 1 is 1.00 bits per heavy atom. The molecule has 0 aliphatic carbocycles. The van der Waals surface area contributed by atoms with E-state index in [-0.39, 0.29) is 18.1 Å². The first-order valence-corrected chi connectivity index (χ1v) is 8.72. The average molecular weight is 340 g/mol. The van der Waals surface area contributed by atoms with Gasteiger partial charge in [0.25, 0.3) is 0 Å². The Morgan fingerprint density at radius 2 is 1.60 bits per heavy atom. The zero-order valence-corrected chi connectivity index (χ0v) is 15.7. The first-order chi connectivity index (χ1) is 11.9. The number of amides is 2. The summed E-state index contributed by atoms with van der Waals surface area (Å²) in [7, 11) is 1.65. The van der Waals surface area contributed by atoms with Gasteiger partial charge in [0.1, 0.15) is 5.75 Å². The summed E-state index contributed by atoms with van der Waals surface area (Å²) in [4.78, 5) is 12.4. The molecule has 0 saturated heterocycles. The van der Waals surface area contributed by atoms with Crippen molar-refractivity contribution in [3.05, 3.63) is 64.7 Å². The number of ether oxygens (including phenoxy) is 1. The van der Waals surface area contributed by atoms with Gasteiger partial charge in [0.05, 0.1) is 19.2 Å². The van der Waals surface area contributed by atoms with Gasteiger partial charge in [-0.3, -0.25) is 0 Å². The minimum Gasteiger partial charge on any atom is -0.497 e. The van der Waals surface area contributed by atoms with E-state index in [0.29, 0.717) is 0 Å². The minimum atomic E-state index is -0.158. The van der Waals surface area contributed by atoms with Crippen LogP contribution < -0.4 is 15.4 Å². The summed E-state index contributed by atoms with van der Waals surface area (Å²) >= 11 is 0. The van der Waals surface area contributed by atoms with Gasteiger partial charge in [0, 0.05) is 0 Å². The van der Waals surface area contributed by atoms with E-state index in [0.717, 1.165) is 23.3 Å². The Morgan fingerprint density at radius 3 is 2.12 bits per heavy atom. The highest BCUT2D eigenvalue weighted by Crippen LogP contribution is 2.21. The Bertz CT molecular complexity index is 690. The zero-order valence-electron chi connectivity index (χ0n) is 15.7. The predicted octanol–water partition coefficient (Wildman–Crippen LogP) is 4.82. The fraction of sp³-hybridized carbons (Fsp3) is 0.381. The molecule has 0 bridgehead atoms. The van der Waals surface area contributed by atoms with Gasteiger partial charge in [-0.05, 0) is 50.5 Å². The number of aryl methyl sites for hydroxylation is 2. The molecule has 0 aliphatic heterocycles. The van der Waals surface area contributed by atoms with Gasteiger partial charge in [0.15, 0.2) is 0 Å². The first-order valence-electron chi connectivity index (χ1n) is 8.72. The molecule has 2 aromatic carbocycles. The molecule has 2 aromatic rings. The van der Waals surface area contributed by atoms with Crippen molar-refractivity contribution in [1.82, 2.24) is 10.6 Å². The van der Waals surface area contributed by atoms with E-state index < -0.39 is 0 Å². The van der Waals surface area contributed by atoms with Crippen LogP contribution in [0.15, 0.2) is 42.5 Å². The second-order valence-corrected chi connectivity index (χ2v) is 6.49. The third-order valence-corrected chi connectivity index (χ3v) is 4.32. The largest absolute Gasteiger partial charge is 0.497 e. The van der Waals surface area contributed by atoms with Crippen molar-refractivity contribution in [3.63, 3.8) is 0 Å². The molecule has 25 heavy (non-hydrogen) atoms. The van der Waals surface area contributed by atoms with Crippen molar-refractivity contribution in [1.29, 1.82) is 0 Å². The first kappa shape index (κ1) is 18.8. The molecule has 0 aromatic heterocycles. The molecular weight excluding hydrogens is 312 g/mol. The molecular formula is C21H28N2O2. The third kappa shape index (κ3) is 5.24. The number of hydrogen-bond acceptors (Lipinski definition) is 2. The van der Waals surface area contributed by atoms with Crippen LogP contribution in [-0.2, 0) is 0 Å². The van der Waals surface area contributed by atoms with Crippen LogP contribution in [0.1, 0.15) is 54.6 Å². The van der Waals surface area contributed by atoms with Crippen molar-refractivity contribution in [2.24, 2.45) is 0 Å². The number of carbonyl (C=O) groups is 1. The molecule has 2 unspecified atom stereocenters. The lowest BCUT2D eigenvalue weighted by Gasteiger charge is -2.21. The van der Waals surface area contributed by atoms with Gasteiger partial charge >= 0.3 is 6.03 Å². The standard InChI is InChI=1S/C21H28N2O2/c1-6-20(17-7-9-19(25-5)10-8-17)23-21(24)22-16(4)18-12-14(2)11-15(3)13-18/h7-13,16,20H,6H2,1-5H3,(H2,22,23,24). The lowest BCUT2D eigenvalue weighted by atomic mass is 10.0. The molecule has 2 amide bonds. The summed E-state index contributed by atoms with van der Waals surface area (Å²) in [6.45, 7) is 8.20. The summed E-state index contributed by atoms with van der Waals surface area (Å²) in [6.07, 6.45) is 0.817. The average Bonchev–Trinajstić information content (AvgIpc) is 2.59. The maximum absolute atomic E-state index is 12.4. The van der Waals surface area contributed by atoms with Crippen LogP contribution in [0.4, 0.5) is 4.79 Å². The molecule has 2 atom stereocenters. The lowest BCUT2D eigenvalue weighted by molar-refractivity contribution is 0.233. The number of carbonyl (C=O) groups excluding carboxylic acids is 1. The molecule has 4 nitrogen and oxygen atoms in total. The molecule has 0 radical (unpaired) electrons. The minimum absolute atomic E-state index is 0.0302. The molecule has 134 valence electrons. The van der Waals surface area contributed by atoms with E-state index >= 15 is 0 Å².